The third-order valence-corrected chi connectivity index (χ3v) is 10.7. The van der Waals surface area contributed by atoms with Gasteiger partial charge in [0.15, 0.2) is 0 Å². The molecule has 0 heteroatoms. The molecule has 0 saturated heterocycles. The van der Waals surface area contributed by atoms with E-state index < -0.39 is 0 Å². The zero-order chi connectivity index (χ0) is 26.0. The second-order valence-electron chi connectivity index (χ2n) is 12.3. The summed E-state index contributed by atoms with van der Waals surface area (Å²) in [5, 5.41) is 26.2. The Balaban J connectivity index is 1.58. The molecule has 184 valence electrons. The first-order valence-electron chi connectivity index (χ1n) is 14.6. The molecule has 0 amide bonds. The van der Waals surface area contributed by atoms with E-state index in [1.165, 1.54) is 102 Å². The predicted molar refractivity (Wildman–Crippen MR) is 175 cm³/mol. The van der Waals surface area contributed by atoms with Crippen LogP contribution in [0.4, 0.5) is 0 Å². The molecular formula is C40H24. The van der Waals surface area contributed by atoms with E-state index in [4.69, 9.17) is 6.58 Å². The molecule has 0 atom stereocenters. The van der Waals surface area contributed by atoms with Crippen LogP contribution in [0, 0.1) is 0 Å². The summed E-state index contributed by atoms with van der Waals surface area (Å²) in [6.45, 7) is 9.44. The van der Waals surface area contributed by atoms with Crippen LogP contribution in [0.1, 0.15) is 23.1 Å². The SMILES string of the molecule is C=c1ccc2cccc3c4ccc5c6ccc7ccc8c9c(c%10c(c%11c(c(=C)c(c1c23)c4c5%11)CC%10)c6c79)CCC=8. The Morgan fingerprint density at radius 1 is 0.425 bits per heavy atom. The highest BCUT2D eigenvalue weighted by molar-refractivity contribution is 6.45. The van der Waals surface area contributed by atoms with E-state index in [0.717, 1.165) is 30.9 Å². The van der Waals surface area contributed by atoms with E-state index in [9.17, 15) is 0 Å². The minimum absolute atomic E-state index is 1.06. The maximum atomic E-state index is 4.88. The largest absolute Gasteiger partial charge is 0.0911 e. The molecule has 0 bridgehead atoms. The molecule has 0 unspecified atom stereocenters. The van der Waals surface area contributed by atoms with E-state index in [2.05, 4.69) is 79.4 Å². The number of fused-ring (bicyclic) bond motifs is 4. The molecule has 0 nitrogen and oxygen atoms in total. The van der Waals surface area contributed by atoms with Gasteiger partial charge in [-0.05, 0) is 144 Å². The van der Waals surface area contributed by atoms with Crippen molar-refractivity contribution in [2.75, 3.05) is 0 Å². The van der Waals surface area contributed by atoms with Gasteiger partial charge in [0.05, 0.1) is 0 Å². The summed E-state index contributed by atoms with van der Waals surface area (Å²) < 4.78 is 0. The van der Waals surface area contributed by atoms with Crippen molar-refractivity contribution in [1.82, 2.24) is 0 Å². The molecule has 2 aliphatic carbocycles. The fraction of sp³-hybridized carbons (Fsp3) is 0.100. The minimum Gasteiger partial charge on any atom is -0.0911 e. The highest BCUT2D eigenvalue weighted by atomic mass is 14.3. The zero-order valence-corrected chi connectivity index (χ0v) is 22.2. The van der Waals surface area contributed by atoms with Crippen molar-refractivity contribution in [3.63, 3.8) is 0 Å². The fourth-order valence-corrected chi connectivity index (χ4v) is 9.25. The maximum Gasteiger partial charge on any atom is -0.000763 e. The van der Waals surface area contributed by atoms with Crippen LogP contribution in [0.5, 0.6) is 0 Å². The molecule has 9 aromatic carbocycles. The predicted octanol–water partition coefficient (Wildman–Crippen LogP) is 8.15. The standard InChI is InChI=1S/C40H24/c1-19-9-10-21-5-3-7-25-28-17-18-30-27-14-13-23-12-11-22-6-4-8-26-29-16-15-24-20(2)32(31(19)33(21)25)37(28)39(30)36(24)40(29)38(27)35(23)34(22)26/h3,5-7,9-14,17-18H,1-2,4,8,15-16H2. The summed E-state index contributed by atoms with van der Waals surface area (Å²) in [5.74, 6) is 0. The monoisotopic (exact) mass is 504 g/mol. The molecule has 0 aromatic heterocycles. The van der Waals surface area contributed by atoms with Crippen molar-refractivity contribution in [3.05, 3.63) is 99.1 Å². The van der Waals surface area contributed by atoms with Crippen LogP contribution in [-0.2, 0) is 19.3 Å². The van der Waals surface area contributed by atoms with E-state index >= 15 is 0 Å². The topological polar surface area (TPSA) is 0 Å². The number of aryl methyl sites for hydroxylation is 3. The first-order chi connectivity index (χ1) is 19.7. The van der Waals surface area contributed by atoms with Crippen LogP contribution in [0.25, 0.3) is 105 Å². The summed E-state index contributed by atoms with van der Waals surface area (Å²) in [5.41, 5.74) is 4.68. The molecule has 0 radical (unpaired) electrons. The van der Waals surface area contributed by atoms with Crippen LogP contribution < -0.4 is 15.7 Å². The Bertz CT molecular complexity index is 2830. The van der Waals surface area contributed by atoms with Crippen molar-refractivity contribution in [1.29, 1.82) is 0 Å². The lowest BCUT2D eigenvalue weighted by atomic mass is 9.73. The average Bonchev–Trinajstić information content (AvgIpc) is 3.00. The Morgan fingerprint density at radius 3 is 1.93 bits per heavy atom. The van der Waals surface area contributed by atoms with Crippen molar-refractivity contribution in [3.8, 4) is 0 Å². The van der Waals surface area contributed by atoms with Gasteiger partial charge < -0.3 is 0 Å². The number of rotatable bonds is 0. The van der Waals surface area contributed by atoms with Gasteiger partial charge in [0.25, 0.3) is 0 Å². The third-order valence-electron chi connectivity index (χ3n) is 10.7. The van der Waals surface area contributed by atoms with Gasteiger partial charge >= 0.3 is 0 Å². The van der Waals surface area contributed by atoms with Crippen LogP contribution in [0.3, 0.4) is 0 Å². The summed E-state index contributed by atoms with van der Waals surface area (Å²) in [7, 11) is 0. The molecular weight excluding hydrogens is 480 g/mol. The normalized spacial score (nSPS) is 15.0. The molecule has 9 aromatic rings. The van der Waals surface area contributed by atoms with Crippen LogP contribution >= 0.6 is 0 Å². The third kappa shape index (κ3) is 1.99. The summed E-state index contributed by atoms with van der Waals surface area (Å²) in [6.07, 6.45) is 6.90. The minimum atomic E-state index is 1.06. The van der Waals surface area contributed by atoms with Crippen molar-refractivity contribution in [2.45, 2.75) is 25.7 Å². The van der Waals surface area contributed by atoms with Gasteiger partial charge in [-0.1, -0.05) is 86.0 Å². The molecule has 0 fully saturated rings. The summed E-state index contributed by atoms with van der Waals surface area (Å²) in [6, 6.07) is 25.5. The second-order valence-corrected chi connectivity index (χ2v) is 12.3. The van der Waals surface area contributed by atoms with E-state index in [-0.39, 0.29) is 0 Å². The number of hydrogen-bond donors (Lipinski definition) is 0. The first-order valence-corrected chi connectivity index (χ1v) is 14.6. The molecule has 0 N–H and O–H groups in total. The Morgan fingerprint density at radius 2 is 1.05 bits per heavy atom. The highest BCUT2D eigenvalue weighted by Crippen LogP contribution is 2.51. The molecule has 0 spiro atoms. The van der Waals surface area contributed by atoms with Crippen LogP contribution in [-0.4, -0.2) is 0 Å². The molecule has 2 aliphatic rings. The van der Waals surface area contributed by atoms with Crippen molar-refractivity contribution in [2.24, 2.45) is 0 Å². The Labute approximate surface area is 229 Å². The van der Waals surface area contributed by atoms with Crippen molar-refractivity contribution < 1.29 is 0 Å². The maximum absolute atomic E-state index is 4.88. The fourth-order valence-electron chi connectivity index (χ4n) is 9.25. The van der Waals surface area contributed by atoms with Crippen LogP contribution in [0.2, 0.25) is 0 Å². The van der Waals surface area contributed by atoms with Crippen LogP contribution in [0.15, 0.2) is 66.7 Å². The molecule has 40 heavy (non-hydrogen) atoms. The second kappa shape index (κ2) is 6.37. The van der Waals surface area contributed by atoms with Gasteiger partial charge in [-0.2, -0.15) is 0 Å². The van der Waals surface area contributed by atoms with E-state index in [1.807, 2.05) is 0 Å². The zero-order valence-electron chi connectivity index (χ0n) is 22.2. The lowest BCUT2D eigenvalue weighted by molar-refractivity contribution is 0.923. The lowest BCUT2D eigenvalue weighted by Gasteiger charge is -2.29. The molecule has 11 rings (SSSR count). The Hall–Kier alpha value is -4.68. The number of benzene rings is 9. The van der Waals surface area contributed by atoms with Crippen molar-refractivity contribution >= 4 is 105 Å². The van der Waals surface area contributed by atoms with Gasteiger partial charge in [-0.3, -0.25) is 0 Å². The first kappa shape index (κ1) is 20.3. The Kier molecular flexibility index (Phi) is 3.23. The molecule has 0 heterocycles. The summed E-state index contributed by atoms with van der Waals surface area (Å²) >= 11 is 0. The quantitative estimate of drug-likeness (QED) is 0.144. The highest BCUT2D eigenvalue weighted by Gasteiger charge is 2.29. The van der Waals surface area contributed by atoms with Gasteiger partial charge in [0.1, 0.15) is 0 Å². The molecule has 0 saturated carbocycles. The lowest BCUT2D eigenvalue weighted by Crippen LogP contribution is -2.20. The average molecular weight is 505 g/mol. The van der Waals surface area contributed by atoms with E-state index in [1.54, 1.807) is 11.1 Å². The van der Waals surface area contributed by atoms with E-state index in [0.29, 0.717) is 0 Å². The van der Waals surface area contributed by atoms with Gasteiger partial charge in [-0.15, -0.1) is 0 Å². The number of hydrogen-bond acceptors (Lipinski definition) is 0. The van der Waals surface area contributed by atoms with Gasteiger partial charge in [0, 0.05) is 0 Å². The smallest absolute Gasteiger partial charge is 0.000763 e. The molecule has 0 aliphatic heterocycles. The van der Waals surface area contributed by atoms with Gasteiger partial charge in [0.2, 0.25) is 0 Å². The van der Waals surface area contributed by atoms with Gasteiger partial charge in [-0.25, -0.2) is 0 Å². The summed E-state index contributed by atoms with van der Waals surface area (Å²) in [4.78, 5) is 0.